The van der Waals surface area contributed by atoms with Gasteiger partial charge >= 0.3 is 5.97 Å². The van der Waals surface area contributed by atoms with E-state index in [1.165, 1.54) is 7.11 Å². The van der Waals surface area contributed by atoms with Crippen LogP contribution in [0.25, 0.3) is 16.7 Å². The number of benzene rings is 1. The zero-order valence-electron chi connectivity index (χ0n) is 17.6. The molecule has 0 saturated heterocycles. The summed E-state index contributed by atoms with van der Waals surface area (Å²) in [6.07, 6.45) is 5.37. The number of carbonyl (C=O) groups is 1. The number of carbonyl (C=O) groups excluding carboxylic acids is 1. The molecular formula is C25H24N2O4. The first kappa shape index (κ1) is 20.8. The Labute approximate surface area is 181 Å². The fraction of sp³-hybridized carbons (Fsp3) is 0.240. The van der Waals surface area contributed by atoms with Crippen LogP contribution in [-0.2, 0) is 20.7 Å². The molecule has 0 N–H and O–H groups in total. The summed E-state index contributed by atoms with van der Waals surface area (Å²) in [6, 6.07) is 15.6. The number of hydrogen-bond donors (Lipinski definition) is 0. The number of ether oxygens (including phenoxy) is 3. The molecule has 0 fully saturated rings. The molecule has 0 radical (unpaired) electrons. The van der Waals surface area contributed by atoms with Crippen LogP contribution in [0.4, 0.5) is 0 Å². The number of rotatable bonds is 8. The maximum Gasteiger partial charge on any atom is 0.335 e. The molecule has 1 aliphatic rings. The van der Waals surface area contributed by atoms with Crippen molar-refractivity contribution in [3.05, 3.63) is 84.0 Å². The number of nitrogens with zero attached hydrogens (tertiary/aromatic N) is 2. The van der Waals surface area contributed by atoms with Gasteiger partial charge in [0, 0.05) is 42.6 Å². The molecule has 0 amide bonds. The molecule has 0 spiro atoms. The maximum atomic E-state index is 12.0. The molecule has 1 unspecified atom stereocenters. The molecule has 1 atom stereocenters. The van der Waals surface area contributed by atoms with Crippen molar-refractivity contribution in [3.8, 4) is 16.9 Å². The second kappa shape index (κ2) is 9.53. The second-order valence-corrected chi connectivity index (χ2v) is 7.06. The lowest BCUT2D eigenvalue weighted by Gasteiger charge is -2.14. The van der Waals surface area contributed by atoms with Crippen molar-refractivity contribution in [2.75, 3.05) is 20.3 Å². The molecule has 0 bridgehead atoms. The van der Waals surface area contributed by atoms with E-state index < -0.39 is 6.10 Å². The van der Waals surface area contributed by atoms with Gasteiger partial charge in [0.25, 0.3) is 0 Å². The van der Waals surface area contributed by atoms with Crippen molar-refractivity contribution in [3.63, 3.8) is 0 Å². The number of pyridine rings is 2. The van der Waals surface area contributed by atoms with Gasteiger partial charge in [-0.2, -0.15) is 0 Å². The van der Waals surface area contributed by atoms with Crippen LogP contribution >= 0.6 is 0 Å². The van der Waals surface area contributed by atoms with Crippen LogP contribution in [0, 0.1) is 0 Å². The standard InChI is InChI=1S/C25H24N2O4/c1-3-30-25(28)22(29-2)16-17-7-4-8-18(15-17)31-14-11-21-23-19(9-5-12-26-23)20-10-6-13-27-24(20)21/h4-13,15,22H,3,14,16H2,1-2H3. The minimum atomic E-state index is -0.638. The summed E-state index contributed by atoms with van der Waals surface area (Å²) in [5.41, 5.74) is 5.93. The molecule has 1 aromatic carbocycles. The Hall–Kier alpha value is -3.51. The fourth-order valence-corrected chi connectivity index (χ4v) is 3.68. The molecule has 0 saturated carbocycles. The van der Waals surface area contributed by atoms with E-state index in [4.69, 9.17) is 14.2 Å². The van der Waals surface area contributed by atoms with E-state index in [-0.39, 0.29) is 5.97 Å². The Bertz CT molecular complexity index is 1060. The molecule has 0 aliphatic heterocycles. The van der Waals surface area contributed by atoms with E-state index in [9.17, 15) is 4.79 Å². The van der Waals surface area contributed by atoms with Gasteiger partial charge in [-0.25, -0.2) is 4.79 Å². The van der Waals surface area contributed by atoms with Gasteiger partial charge in [-0.1, -0.05) is 24.3 Å². The van der Waals surface area contributed by atoms with Crippen molar-refractivity contribution >= 4 is 11.5 Å². The Morgan fingerprint density at radius 3 is 2.39 bits per heavy atom. The Kier molecular flexibility index (Phi) is 6.38. The zero-order chi connectivity index (χ0) is 21.6. The predicted molar refractivity (Wildman–Crippen MR) is 118 cm³/mol. The quantitative estimate of drug-likeness (QED) is 0.403. The monoisotopic (exact) mass is 416 g/mol. The molecule has 4 rings (SSSR count). The summed E-state index contributed by atoms with van der Waals surface area (Å²) in [6.45, 7) is 2.47. The highest BCUT2D eigenvalue weighted by molar-refractivity contribution is 5.98. The van der Waals surface area contributed by atoms with E-state index in [0.717, 1.165) is 33.7 Å². The average Bonchev–Trinajstić information content (AvgIpc) is 3.12. The summed E-state index contributed by atoms with van der Waals surface area (Å²) in [7, 11) is 1.51. The summed E-state index contributed by atoms with van der Waals surface area (Å²) in [4.78, 5) is 21.1. The lowest BCUT2D eigenvalue weighted by molar-refractivity contribution is -0.154. The van der Waals surface area contributed by atoms with E-state index in [2.05, 4.69) is 22.1 Å². The average molecular weight is 416 g/mol. The molecule has 2 heterocycles. The van der Waals surface area contributed by atoms with E-state index in [0.29, 0.717) is 25.4 Å². The van der Waals surface area contributed by atoms with Gasteiger partial charge in [-0.05, 0) is 42.8 Å². The van der Waals surface area contributed by atoms with Gasteiger partial charge in [0.2, 0.25) is 0 Å². The molecule has 31 heavy (non-hydrogen) atoms. The lowest BCUT2D eigenvalue weighted by atomic mass is 10.1. The summed E-state index contributed by atoms with van der Waals surface area (Å²) in [5.74, 6) is 0.355. The highest BCUT2D eigenvalue weighted by atomic mass is 16.6. The van der Waals surface area contributed by atoms with Gasteiger partial charge in [0.1, 0.15) is 12.4 Å². The van der Waals surface area contributed by atoms with Gasteiger partial charge in [0.05, 0.1) is 18.0 Å². The highest BCUT2D eigenvalue weighted by Gasteiger charge is 2.25. The van der Waals surface area contributed by atoms with E-state index in [1.54, 1.807) is 19.3 Å². The van der Waals surface area contributed by atoms with Crippen LogP contribution < -0.4 is 4.74 Å². The van der Waals surface area contributed by atoms with Gasteiger partial charge in [0.15, 0.2) is 6.10 Å². The van der Waals surface area contributed by atoms with Crippen molar-refractivity contribution in [2.45, 2.75) is 19.4 Å². The lowest BCUT2D eigenvalue weighted by Crippen LogP contribution is -2.27. The second-order valence-electron chi connectivity index (χ2n) is 7.06. The maximum absolute atomic E-state index is 12.0. The molecule has 158 valence electrons. The topological polar surface area (TPSA) is 70.5 Å². The van der Waals surface area contributed by atoms with Crippen LogP contribution in [-0.4, -0.2) is 42.4 Å². The number of esters is 1. The van der Waals surface area contributed by atoms with Crippen LogP contribution in [0.5, 0.6) is 5.75 Å². The number of hydrogen-bond acceptors (Lipinski definition) is 6. The minimum Gasteiger partial charge on any atom is -0.489 e. The first-order valence-electron chi connectivity index (χ1n) is 10.2. The van der Waals surface area contributed by atoms with Crippen LogP contribution in [0.3, 0.4) is 0 Å². The van der Waals surface area contributed by atoms with Crippen molar-refractivity contribution in [1.29, 1.82) is 0 Å². The first-order valence-corrected chi connectivity index (χ1v) is 10.2. The summed E-state index contributed by atoms with van der Waals surface area (Å²) < 4.78 is 16.3. The first-order chi connectivity index (χ1) is 15.2. The number of aromatic nitrogens is 2. The summed E-state index contributed by atoms with van der Waals surface area (Å²) >= 11 is 0. The van der Waals surface area contributed by atoms with Gasteiger partial charge < -0.3 is 14.2 Å². The third-order valence-corrected chi connectivity index (χ3v) is 5.11. The number of fused-ring (bicyclic) bond motifs is 3. The molecular weight excluding hydrogens is 392 g/mol. The largest absolute Gasteiger partial charge is 0.489 e. The summed E-state index contributed by atoms with van der Waals surface area (Å²) in [5, 5.41) is 0. The van der Waals surface area contributed by atoms with Crippen LogP contribution in [0.1, 0.15) is 23.9 Å². The molecule has 2 aromatic heterocycles. The third kappa shape index (κ3) is 4.49. The SMILES string of the molecule is CCOC(=O)C(Cc1cccc(OCC=C2c3ncccc3-c3cccnc32)c1)OC. The molecule has 3 aromatic rings. The van der Waals surface area contributed by atoms with Crippen LogP contribution in [0.2, 0.25) is 0 Å². The van der Waals surface area contributed by atoms with Crippen molar-refractivity contribution in [2.24, 2.45) is 0 Å². The Balaban J connectivity index is 1.48. The normalized spacial score (nSPS) is 12.6. The Morgan fingerprint density at radius 2 is 1.74 bits per heavy atom. The third-order valence-electron chi connectivity index (χ3n) is 5.11. The molecule has 1 aliphatic carbocycles. The zero-order valence-corrected chi connectivity index (χ0v) is 17.6. The van der Waals surface area contributed by atoms with E-state index >= 15 is 0 Å². The van der Waals surface area contributed by atoms with E-state index in [1.807, 2.05) is 42.5 Å². The number of methoxy groups -OCH3 is 1. The highest BCUT2D eigenvalue weighted by Crippen LogP contribution is 2.41. The Morgan fingerprint density at radius 1 is 1.03 bits per heavy atom. The van der Waals surface area contributed by atoms with Crippen molar-refractivity contribution in [1.82, 2.24) is 9.97 Å². The minimum absolute atomic E-state index is 0.326. The smallest absolute Gasteiger partial charge is 0.335 e. The van der Waals surface area contributed by atoms with Crippen LogP contribution in [0.15, 0.2) is 67.0 Å². The predicted octanol–water partition coefficient (Wildman–Crippen LogP) is 4.09. The molecule has 6 nitrogen and oxygen atoms in total. The van der Waals surface area contributed by atoms with Crippen molar-refractivity contribution < 1.29 is 19.0 Å². The molecule has 6 heteroatoms. The van der Waals surface area contributed by atoms with Gasteiger partial charge in [-0.15, -0.1) is 0 Å². The van der Waals surface area contributed by atoms with Gasteiger partial charge in [-0.3, -0.25) is 9.97 Å². The fourth-order valence-electron chi connectivity index (χ4n) is 3.68.